The fourth-order valence-electron chi connectivity index (χ4n) is 3.22. The van der Waals surface area contributed by atoms with Gasteiger partial charge in [-0.1, -0.05) is 51.8 Å². The van der Waals surface area contributed by atoms with Crippen LogP contribution in [0.25, 0.3) is 0 Å². The van der Waals surface area contributed by atoms with E-state index < -0.39 is 22.5 Å². The maximum Gasteiger partial charge on any atom is 0.310 e. The first-order valence-electron chi connectivity index (χ1n) is 10.7. The molecule has 0 aromatic heterocycles. The SMILES string of the molecule is CCOC(=O)Cc1ccc(NC(=O)CN(Cc2ccc(Cl)cc2)S(=O)(=O)c2ccc(Br)cc2)cc1. The van der Waals surface area contributed by atoms with Gasteiger partial charge in [0, 0.05) is 21.7 Å². The molecule has 1 N–H and O–H groups in total. The molecule has 0 saturated carbocycles. The Balaban J connectivity index is 1.76. The van der Waals surface area contributed by atoms with Crippen molar-refractivity contribution in [2.75, 3.05) is 18.5 Å². The first-order chi connectivity index (χ1) is 16.7. The predicted octanol–water partition coefficient (Wildman–Crippen LogP) is 5.04. The average molecular weight is 580 g/mol. The van der Waals surface area contributed by atoms with Crippen LogP contribution in [0.2, 0.25) is 5.02 Å². The molecule has 7 nitrogen and oxygen atoms in total. The number of anilines is 1. The van der Waals surface area contributed by atoms with E-state index in [2.05, 4.69) is 21.2 Å². The molecule has 0 radical (unpaired) electrons. The highest BCUT2D eigenvalue weighted by molar-refractivity contribution is 9.10. The van der Waals surface area contributed by atoms with E-state index in [1.165, 1.54) is 12.1 Å². The zero-order valence-corrected chi connectivity index (χ0v) is 22.1. The molecule has 10 heteroatoms. The van der Waals surface area contributed by atoms with E-state index in [4.69, 9.17) is 16.3 Å². The third-order valence-corrected chi connectivity index (χ3v) is 7.52. The molecule has 0 spiro atoms. The van der Waals surface area contributed by atoms with Crippen LogP contribution >= 0.6 is 27.5 Å². The largest absolute Gasteiger partial charge is 0.466 e. The Kier molecular flexibility index (Phi) is 9.45. The van der Waals surface area contributed by atoms with Crippen molar-refractivity contribution >= 4 is 55.1 Å². The normalized spacial score (nSPS) is 11.3. The number of hydrogen-bond donors (Lipinski definition) is 1. The zero-order valence-electron chi connectivity index (χ0n) is 18.9. The van der Waals surface area contributed by atoms with Crippen molar-refractivity contribution in [2.45, 2.75) is 24.8 Å². The van der Waals surface area contributed by atoms with E-state index in [-0.39, 0.29) is 23.8 Å². The highest BCUT2D eigenvalue weighted by Crippen LogP contribution is 2.22. The number of carbonyl (C=O) groups excluding carboxylic acids is 2. The fourth-order valence-corrected chi connectivity index (χ4v) is 4.99. The smallest absolute Gasteiger partial charge is 0.310 e. The maximum atomic E-state index is 13.4. The molecule has 0 heterocycles. The zero-order chi connectivity index (χ0) is 25.4. The van der Waals surface area contributed by atoms with Gasteiger partial charge in [0.05, 0.1) is 24.5 Å². The van der Waals surface area contributed by atoms with Gasteiger partial charge in [0.2, 0.25) is 15.9 Å². The van der Waals surface area contributed by atoms with Crippen molar-refractivity contribution in [2.24, 2.45) is 0 Å². The third-order valence-electron chi connectivity index (χ3n) is 4.94. The molecule has 35 heavy (non-hydrogen) atoms. The lowest BCUT2D eigenvalue weighted by Gasteiger charge is -2.22. The standard InChI is InChI=1S/C25H24BrClN2O5S/c1-2-34-25(31)15-18-5-11-22(12-6-18)28-24(30)17-29(16-19-3-9-21(27)10-4-19)35(32,33)23-13-7-20(26)8-14-23/h3-14H,2,15-17H2,1H3,(H,28,30). The maximum absolute atomic E-state index is 13.4. The molecule has 0 saturated heterocycles. The Morgan fingerprint density at radius 2 is 1.54 bits per heavy atom. The Morgan fingerprint density at radius 3 is 2.14 bits per heavy atom. The van der Waals surface area contributed by atoms with E-state index in [0.717, 1.165) is 14.3 Å². The van der Waals surface area contributed by atoms with Crippen LogP contribution in [0.15, 0.2) is 82.2 Å². The highest BCUT2D eigenvalue weighted by atomic mass is 79.9. The monoisotopic (exact) mass is 578 g/mol. The van der Waals surface area contributed by atoms with E-state index in [1.807, 2.05) is 0 Å². The van der Waals surface area contributed by atoms with E-state index >= 15 is 0 Å². The van der Waals surface area contributed by atoms with Gasteiger partial charge in [-0.15, -0.1) is 0 Å². The molecule has 0 bridgehead atoms. The summed E-state index contributed by atoms with van der Waals surface area (Å²) in [4.78, 5) is 24.5. The van der Waals surface area contributed by atoms with Gasteiger partial charge in [0.25, 0.3) is 0 Å². The fraction of sp³-hybridized carbons (Fsp3) is 0.200. The summed E-state index contributed by atoms with van der Waals surface area (Å²) in [5.41, 5.74) is 1.91. The molecule has 3 aromatic carbocycles. The molecule has 0 atom stereocenters. The van der Waals surface area contributed by atoms with Crippen LogP contribution in [0.3, 0.4) is 0 Å². The number of ether oxygens (including phenoxy) is 1. The van der Waals surface area contributed by atoms with E-state index in [0.29, 0.717) is 22.9 Å². The van der Waals surface area contributed by atoms with Crippen molar-refractivity contribution in [3.8, 4) is 0 Å². The number of nitrogens with one attached hydrogen (secondary N) is 1. The van der Waals surface area contributed by atoms with Gasteiger partial charge in [0.15, 0.2) is 0 Å². The van der Waals surface area contributed by atoms with Crippen LogP contribution in [0.1, 0.15) is 18.1 Å². The summed E-state index contributed by atoms with van der Waals surface area (Å²) in [7, 11) is -3.97. The molecule has 1 amide bonds. The number of rotatable bonds is 10. The molecular weight excluding hydrogens is 556 g/mol. The minimum Gasteiger partial charge on any atom is -0.466 e. The van der Waals surface area contributed by atoms with Gasteiger partial charge < -0.3 is 10.1 Å². The van der Waals surface area contributed by atoms with Gasteiger partial charge in [0.1, 0.15) is 0 Å². The highest BCUT2D eigenvalue weighted by Gasteiger charge is 2.27. The molecule has 184 valence electrons. The Morgan fingerprint density at radius 1 is 0.943 bits per heavy atom. The van der Waals surface area contributed by atoms with Gasteiger partial charge in [-0.05, 0) is 66.6 Å². The lowest BCUT2D eigenvalue weighted by molar-refractivity contribution is -0.142. The van der Waals surface area contributed by atoms with Crippen molar-refractivity contribution in [1.29, 1.82) is 0 Å². The van der Waals surface area contributed by atoms with Crippen molar-refractivity contribution in [1.82, 2.24) is 4.31 Å². The van der Waals surface area contributed by atoms with Gasteiger partial charge in [-0.3, -0.25) is 9.59 Å². The molecule has 0 fully saturated rings. The van der Waals surface area contributed by atoms with Crippen LogP contribution in [0.5, 0.6) is 0 Å². The Labute approximate surface area is 218 Å². The molecule has 0 aliphatic carbocycles. The van der Waals surface area contributed by atoms with Gasteiger partial charge in [-0.25, -0.2) is 8.42 Å². The van der Waals surface area contributed by atoms with Crippen LogP contribution in [-0.4, -0.2) is 37.8 Å². The molecule has 3 rings (SSSR count). The Bertz CT molecular complexity index is 1260. The summed E-state index contributed by atoms with van der Waals surface area (Å²) in [6.45, 7) is 1.64. The van der Waals surface area contributed by atoms with Gasteiger partial charge in [-0.2, -0.15) is 4.31 Å². The first-order valence-corrected chi connectivity index (χ1v) is 13.3. The van der Waals surface area contributed by atoms with E-state index in [1.54, 1.807) is 67.6 Å². The number of amides is 1. The molecule has 0 aliphatic rings. The molecule has 0 aliphatic heterocycles. The minimum absolute atomic E-state index is 0.0124. The van der Waals surface area contributed by atoms with Crippen LogP contribution in [0, 0.1) is 0 Å². The number of esters is 1. The predicted molar refractivity (Wildman–Crippen MR) is 139 cm³/mol. The van der Waals surface area contributed by atoms with E-state index in [9.17, 15) is 18.0 Å². The summed E-state index contributed by atoms with van der Waals surface area (Å²) in [5.74, 6) is -0.835. The van der Waals surface area contributed by atoms with Crippen LogP contribution < -0.4 is 5.32 Å². The van der Waals surface area contributed by atoms with Crippen LogP contribution in [-0.2, 0) is 37.3 Å². The molecule has 0 unspecified atom stereocenters. The molecule has 3 aromatic rings. The lowest BCUT2D eigenvalue weighted by atomic mass is 10.1. The second kappa shape index (κ2) is 12.3. The van der Waals surface area contributed by atoms with Crippen molar-refractivity contribution in [3.05, 3.63) is 93.4 Å². The van der Waals surface area contributed by atoms with Crippen LogP contribution in [0.4, 0.5) is 5.69 Å². The number of carbonyl (C=O) groups is 2. The minimum atomic E-state index is -3.97. The van der Waals surface area contributed by atoms with Gasteiger partial charge >= 0.3 is 5.97 Å². The quantitative estimate of drug-likeness (QED) is 0.340. The number of benzene rings is 3. The summed E-state index contributed by atoms with van der Waals surface area (Å²) in [6, 6.07) is 19.7. The number of halogens is 2. The summed E-state index contributed by atoms with van der Waals surface area (Å²) < 4.78 is 33.5. The second-order valence-electron chi connectivity index (χ2n) is 7.58. The first kappa shape index (κ1) is 26.9. The Hall–Kier alpha value is -2.72. The van der Waals surface area contributed by atoms with Crippen molar-refractivity contribution < 1.29 is 22.7 Å². The summed E-state index contributed by atoms with van der Waals surface area (Å²) in [5, 5.41) is 3.24. The average Bonchev–Trinajstić information content (AvgIpc) is 2.82. The number of nitrogens with zero attached hydrogens (tertiary/aromatic N) is 1. The second-order valence-corrected chi connectivity index (χ2v) is 10.9. The van der Waals surface area contributed by atoms with Crippen molar-refractivity contribution in [3.63, 3.8) is 0 Å². The summed E-state index contributed by atoms with van der Waals surface area (Å²) >= 11 is 9.25. The lowest BCUT2D eigenvalue weighted by Crippen LogP contribution is -2.37. The topological polar surface area (TPSA) is 92.8 Å². The third kappa shape index (κ3) is 7.90. The number of hydrogen-bond acceptors (Lipinski definition) is 5. The summed E-state index contributed by atoms with van der Waals surface area (Å²) in [6.07, 6.45) is 0.127. The number of sulfonamides is 1. The molecular formula is C25H24BrClN2O5S.